The molecule has 0 bridgehead atoms. The van der Waals surface area contributed by atoms with Gasteiger partial charge in [-0.25, -0.2) is 13.2 Å². The molecular weight excluding hydrogens is 396 g/mol. The van der Waals surface area contributed by atoms with Gasteiger partial charge in [0.05, 0.1) is 31.7 Å². The average molecular weight is 420 g/mol. The second kappa shape index (κ2) is 9.42. The molecule has 2 aromatic rings. The third-order valence-corrected chi connectivity index (χ3v) is 5.39. The van der Waals surface area contributed by atoms with E-state index in [1.54, 1.807) is 43.3 Å². The van der Waals surface area contributed by atoms with Gasteiger partial charge in [0, 0.05) is 11.8 Å². The van der Waals surface area contributed by atoms with Crippen molar-refractivity contribution < 1.29 is 27.5 Å². The van der Waals surface area contributed by atoms with Crippen molar-refractivity contribution in [3.05, 3.63) is 54.1 Å². The molecule has 1 atom stereocenters. The van der Waals surface area contributed by atoms with E-state index in [1.165, 1.54) is 26.4 Å². The van der Waals surface area contributed by atoms with Crippen LogP contribution in [0.2, 0.25) is 0 Å². The Bertz CT molecular complexity index is 973. The Morgan fingerprint density at radius 3 is 2.28 bits per heavy atom. The third kappa shape index (κ3) is 5.47. The summed E-state index contributed by atoms with van der Waals surface area (Å²) >= 11 is 0. The van der Waals surface area contributed by atoms with E-state index in [4.69, 9.17) is 4.74 Å². The minimum atomic E-state index is -3.76. The van der Waals surface area contributed by atoms with Gasteiger partial charge in [-0.15, -0.1) is 0 Å². The van der Waals surface area contributed by atoms with Gasteiger partial charge in [0.15, 0.2) is 0 Å². The summed E-state index contributed by atoms with van der Waals surface area (Å²) in [6.45, 7) is 1.73. The molecule has 2 rings (SSSR count). The number of benzene rings is 2. The maximum atomic E-state index is 12.9. The van der Waals surface area contributed by atoms with Gasteiger partial charge in [0.25, 0.3) is 0 Å². The van der Waals surface area contributed by atoms with Crippen molar-refractivity contribution in [2.75, 3.05) is 30.1 Å². The molecule has 1 N–H and O–H groups in total. The minimum Gasteiger partial charge on any atom is -0.497 e. The summed E-state index contributed by atoms with van der Waals surface area (Å²) in [6, 6.07) is 11.7. The van der Waals surface area contributed by atoms with Crippen molar-refractivity contribution in [1.82, 2.24) is 0 Å². The maximum Gasteiger partial charge on any atom is 0.337 e. The third-order valence-electron chi connectivity index (χ3n) is 4.21. The van der Waals surface area contributed by atoms with Crippen molar-refractivity contribution >= 4 is 33.3 Å². The molecule has 1 amide bonds. The van der Waals surface area contributed by atoms with Gasteiger partial charge in [0.1, 0.15) is 11.8 Å². The number of nitrogens with zero attached hydrogens (tertiary/aromatic N) is 1. The van der Waals surface area contributed by atoms with Gasteiger partial charge in [-0.05, 0) is 42.8 Å². The summed E-state index contributed by atoms with van der Waals surface area (Å²) in [5, 5.41) is 2.70. The number of hydrogen-bond donors (Lipinski definition) is 1. The van der Waals surface area contributed by atoms with Crippen molar-refractivity contribution in [2.24, 2.45) is 0 Å². The zero-order valence-corrected chi connectivity index (χ0v) is 17.5. The number of sulfonamides is 1. The van der Waals surface area contributed by atoms with Crippen LogP contribution >= 0.6 is 0 Å². The number of methoxy groups -OCH3 is 2. The molecular formula is C20H24N2O6S. The number of ether oxygens (including phenoxy) is 2. The van der Waals surface area contributed by atoms with Crippen LogP contribution in [0.1, 0.15) is 23.7 Å². The van der Waals surface area contributed by atoms with Crippen LogP contribution < -0.4 is 14.4 Å². The Balaban J connectivity index is 2.32. The zero-order chi connectivity index (χ0) is 21.6. The number of carbonyl (C=O) groups is 2. The lowest BCUT2D eigenvalue weighted by atomic mass is 10.1. The standard InChI is InChI=1S/C20H24N2O6S/c1-5-18(19(23)21-15-11-9-14(10-12-15)20(24)28-3)22(29(4,25)26)16-7-6-8-17(13-16)27-2/h6-13,18H,5H2,1-4H3,(H,21,23)/t18-/m1/s1. The van der Waals surface area contributed by atoms with Gasteiger partial charge < -0.3 is 14.8 Å². The van der Waals surface area contributed by atoms with Gasteiger partial charge in [-0.2, -0.15) is 0 Å². The predicted octanol–water partition coefficient (Wildman–Crippen LogP) is 2.67. The summed E-state index contributed by atoms with van der Waals surface area (Å²) in [4.78, 5) is 24.4. The highest BCUT2D eigenvalue weighted by Gasteiger charge is 2.31. The van der Waals surface area contributed by atoms with Crippen LogP contribution in [0, 0.1) is 0 Å². The monoisotopic (exact) mass is 420 g/mol. The van der Waals surface area contributed by atoms with Crippen LogP contribution in [0.25, 0.3) is 0 Å². The first-order chi connectivity index (χ1) is 13.7. The highest BCUT2D eigenvalue weighted by molar-refractivity contribution is 7.92. The number of nitrogens with one attached hydrogen (secondary N) is 1. The number of esters is 1. The van der Waals surface area contributed by atoms with Crippen molar-refractivity contribution in [3.8, 4) is 5.75 Å². The molecule has 29 heavy (non-hydrogen) atoms. The molecule has 0 aliphatic heterocycles. The molecule has 0 unspecified atom stereocenters. The van der Waals surface area contributed by atoms with E-state index in [9.17, 15) is 18.0 Å². The summed E-state index contributed by atoms with van der Waals surface area (Å²) in [7, 11) is -0.999. The fourth-order valence-corrected chi connectivity index (χ4v) is 4.04. The van der Waals surface area contributed by atoms with Crippen molar-refractivity contribution in [1.29, 1.82) is 0 Å². The Morgan fingerprint density at radius 2 is 1.76 bits per heavy atom. The number of anilines is 2. The summed E-state index contributed by atoms with van der Waals surface area (Å²) in [5.74, 6) is -0.507. The van der Waals surface area contributed by atoms with Crippen molar-refractivity contribution in [2.45, 2.75) is 19.4 Å². The average Bonchev–Trinajstić information content (AvgIpc) is 2.70. The van der Waals surface area contributed by atoms with Gasteiger partial charge >= 0.3 is 5.97 Å². The van der Waals surface area contributed by atoms with Gasteiger partial charge in [-0.3, -0.25) is 9.10 Å². The van der Waals surface area contributed by atoms with Crippen LogP contribution in [0.3, 0.4) is 0 Å². The molecule has 0 aliphatic carbocycles. The van der Waals surface area contributed by atoms with Gasteiger partial charge in [0.2, 0.25) is 15.9 Å². The first kappa shape index (κ1) is 22.2. The summed E-state index contributed by atoms with van der Waals surface area (Å²) in [6.07, 6.45) is 1.30. The quantitative estimate of drug-likeness (QED) is 0.659. The van der Waals surface area contributed by atoms with E-state index in [0.717, 1.165) is 10.6 Å². The topological polar surface area (TPSA) is 102 Å². The first-order valence-corrected chi connectivity index (χ1v) is 10.7. The smallest absolute Gasteiger partial charge is 0.337 e. The molecule has 0 aromatic heterocycles. The lowest BCUT2D eigenvalue weighted by Crippen LogP contribution is -2.47. The zero-order valence-electron chi connectivity index (χ0n) is 16.7. The second-order valence-corrected chi connectivity index (χ2v) is 8.10. The Kier molecular flexibility index (Phi) is 7.22. The number of amides is 1. The van der Waals surface area contributed by atoms with E-state index in [0.29, 0.717) is 22.7 Å². The predicted molar refractivity (Wildman–Crippen MR) is 111 cm³/mol. The van der Waals surface area contributed by atoms with E-state index >= 15 is 0 Å². The molecule has 8 nitrogen and oxygen atoms in total. The Morgan fingerprint density at radius 1 is 1.10 bits per heavy atom. The minimum absolute atomic E-state index is 0.246. The molecule has 2 aromatic carbocycles. The molecule has 0 radical (unpaired) electrons. The number of carbonyl (C=O) groups excluding carboxylic acids is 2. The highest BCUT2D eigenvalue weighted by atomic mass is 32.2. The largest absolute Gasteiger partial charge is 0.497 e. The molecule has 156 valence electrons. The lowest BCUT2D eigenvalue weighted by Gasteiger charge is -2.30. The SMILES string of the molecule is CC[C@H](C(=O)Nc1ccc(C(=O)OC)cc1)N(c1cccc(OC)c1)S(C)(=O)=O. The van der Waals surface area contributed by atoms with Gasteiger partial charge in [-0.1, -0.05) is 13.0 Å². The van der Waals surface area contributed by atoms with Crippen LogP contribution in [0.15, 0.2) is 48.5 Å². The highest BCUT2D eigenvalue weighted by Crippen LogP contribution is 2.27. The number of rotatable bonds is 8. The Hall–Kier alpha value is -3.07. The Labute approximate surface area is 170 Å². The summed E-state index contributed by atoms with van der Waals surface area (Å²) < 4.78 is 35.9. The molecule has 0 saturated heterocycles. The molecule has 9 heteroatoms. The second-order valence-electron chi connectivity index (χ2n) is 6.24. The van der Waals surface area contributed by atoms with Crippen LogP contribution in [0.5, 0.6) is 5.75 Å². The molecule has 0 spiro atoms. The molecule has 0 heterocycles. The molecule has 0 saturated carbocycles. The summed E-state index contributed by atoms with van der Waals surface area (Å²) in [5.41, 5.74) is 1.10. The van der Waals surface area contributed by atoms with Crippen molar-refractivity contribution in [3.63, 3.8) is 0 Å². The number of hydrogen-bond acceptors (Lipinski definition) is 6. The fourth-order valence-electron chi connectivity index (χ4n) is 2.84. The van der Waals surface area contributed by atoms with E-state index < -0.39 is 27.9 Å². The van der Waals surface area contributed by atoms with Crippen LogP contribution in [0.4, 0.5) is 11.4 Å². The lowest BCUT2D eigenvalue weighted by molar-refractivity contribution is -0.117. The molecule has 0 fully saturated rings. The normalized spacial score (nSPS) is 12.0. The maximum absolute atomic E-state index is 12.9. The van der Waals surface area contributed by atoms with E-state index in [-0.39, 0.29) is 6.42 Å². The van der Waals surface area contributed by atoms with Crippen LogP contribution in [-0.2, 0) is 19.6 Å². The van der Waals surface area contributed by atoms with E-state index in [1.807, 2.05) is 0 Å². The van der Waals surface area contributed by atoms with Crippen LogP contribution in [-0.4, -0.2) is 46.8 Å². The van der Waals surface area contributed by atoms with E-state index in [2.05, 4.69) is 10.1 Å². The molecule has 0 aliphatic rings. The first-order valence-electron chi connectivity index (χ1n) is 8.84. The fraction of sp³-hybridized carbons (Fsp3) is 0.300.